The fourth-order valence-corrected chi connectivity index (χ4v) is 6.87. The Morgan fingerprint density at radius 1 is 1.27 bits per heavy atom. The van der Waals surface area contributed by atoms with Gasteiger partial charge in [-0.3, -0.25) is 24.1 Å². The first kappa shape index (κ1) is 31.4. The van der Waals surface area contributed by atoms with Crippen LogP contribution >= 0.6 is 23.3 Å². The molecule has 236 valence electrons. The highest BCUT2D eigenvalue weighted by Gasteiger charge is 2.55. The van der Waals surface area contributed by atoms with E-state index in [2.05, 4.69) is 25.1 Å². The molecule has 44 heavy (non-hydrogen) atoms. The predicted molar refractivity (Wildman–Crippen MR) is 157 cm³/mol. The van der Waals surface area contributed by atoms with Crippen LogP contribution in [0.4, 0.5) is 5.13 Å². The second-order valence-corrected chi connectivity index (χ2v) is 13.3. The van der Waals surface area contributed by atoms with Gasteiger partial charge >= 0.3 is 11.9 Å². The van der Waals surface area contributed by atoms with Crippen molar-refractivity contribution >= 4 is 63.8 Å². The molecule has 5 N–H and O–H groups in total. The highest BCUT2D eigenvalue weighted by molar-refractivity contribution is 8.00. The van der Waals surface area contributed by atoms with E-state index in [9.17, 15) is 29.2 Å². The molecule has 0 bridgehead atoms. The first-order valence-corrected chi connectivity index (χ1v) is 15.6. The number of esters is 2. The average Bonchev–Trinajstić information content (AvgIpc) is 3.74. The number of hydrogen-bond acceptors (Lipinski definition) is 15. The molecule has 5 heterocycles. The normalized spacial score (nSPS) is 24.8. The molecule has 3 amide bonds. The monoisotopic (exact) mass is 648 g/mol. The number of nitrogens with zero attached hydrogens (tertiary/aromatic N) is 5. The lowest BCUT2D eigenvalue weighted by Crippen LogP contribution is -2.71. The molecule has 0 saturated carbocycles. The molecule has 0 unspecified atom stereocenters. The number of hydrogen-bond donors (Lipinski definition) is 4. The summed E-state index contributed by atoms with van der Waals surface area (Å²) >= 11 is 2.06. The highest BCUT2D eigenvalue weighted by Crippen LogP contribution is 2.42. The maximum atomic E-state index is 13.4. The second-order valence-electron chi connectivity index (χ2n) is 11.4. The van der Waals surface area contributed by atoms with Crippen LogP contribution in [0.5, 0.6) is 0 Å². The van der Waals surface area contributed by atoms with Gasteiger partial charge in [-0.05, 0) is 51.8 Å². The molecule has 18 heteroatoms. The van der Waals surface area contributed by atoms with Crippen molar-refractivity contribution in [2.45, 2.75) is 51.1 Å². The van der Waals surface area contributed by atoms with Crippen molar-refractivity contribution in [3.63, 3.8) is 0 Å². The van der Waals surface area contributed by atoms with Gasteiger partial charge in [0.25, 0.3) is 11.8 Å². The Morgan fingerprint density at radius 3 is 2.68 bits per heavy atom. The molecule has 0 spiro atoms. The van der Waals surface area contributed by atoms with Gasteiger partial charge < -0.3 is 35.9 Å². The molecule has 4 aliphatic heterocycles. The fourth-order valence-electron chi connectivity index (χ4n) is 5.13. The van der Waals surface area contributed by atoms with Crippen LogP contribution < -0.4 is 16.4 Å². The number of carbonyl (C=O) groups is 5. The Hall–Kier alpha value is -4.03. The number of rotatable bonds is 8. The maximum Gasteiger partial charge on any atom is 0.358 e. The van der Waals surface area contributed by atoms with Crippen molar-refractivity contribution in [1.29, 1.82) is 0 Å². The van der Waals surface area contributed by atoms with Crippen molar-refractivity contribution in [2.75, 3.05) is 37.9 Å². The van der Waals surface area contributed by atoms with Gasteiger partial charge in [0, 0.05) is 42.0 Å². The van der Waals surface area contributed by atoms with Gasteiger partial charge in [0.15, 0.2) is 5.13 Å². The van der Waals surface area contributed by atoms with E-state index in [-0.39, 0.29) is 34.4 Å². The van der Waals surface area contributed by atoms with E-state index in [1.165, 1.54) is 16.7 Å². The summed E-state index contributed by atoms with van der Waals surface area (Å²) in [6, 6.07) is -0.992. The third-order valence-corrected chi connectivity index (χ3v) is 9.26. The summed E-state index contributed by atoms with van der Waals surface area (Å²) < 4.78 is 14.2. The summed E-state index contributed by atoms with van der Waals surface area (Å²) in [5.74, 6) is -3.20. The summed E-state index contributed by atoms with van der Waals surface area (Å²) in [5.41, 5.74) is 4.99. The van der Waals surface area contributed by atoms with E-state index in [0.29, 0.717) is 30.7 Å². The first-order valence-electron chi connectivity index (χ1n) is 13.8. The number of nitrogen functional groups attached to an aromatic ring is 1. The lowest BCUT2D eigenvalue weighted by atomic mass is 9.98. The van der Waals surface area contributed by atoms with Crippen LogP contribution in [0.2, 0.25) is 0 Å². The SMILES string of the molecule is CC(C)(C)C(=O)OCOC(=O)C1=C(/C=C2\CCN([C@@H]3CCNC3)C2=O)CS[C@@H]2[C@H](NC(=O)/C(=N\O)c3nsc(N)n3)C(=O)N12. The Kier molecular flexibility index (Phi) is 8.94. The topological polar surface area (TPSA) is 219 Å². The van der Waals surface area contributed by atoms with Gasteiger partial charge in [-0.15, -0.1) is 11.8 Å². The zero-order chi connectivity index (χ0) is 31.8. The number of oxime groups is 1. The van der Waals surface area contributed by atoms with Crippen molar-refractivity contribution in [1.82, 2.24) is 29.8 Å². The molecule has 4 aliphatic rings. The number of nitrogens with two attached hydrogens (primary N) is 1. The minimum atomic E-state index is -1.09. The van der Waals surface area contributed by atoms with Crippen LogP contribution in [0.3, 0.4) is 0 Å². The summed E-state index contributed by atoms with van der Waals surface area (Å²) in [4.78, 5) is 71.9. The van der Waals surface area contributed by atoms with Gasteiger partial charge in [-0.25, -0.2) is 4.79 Å². The van der Waals surface area contributed by atoms with Gasteiger partial charge in [0.2, 0.25) is 24.2 Å². The molecule has 0 aliphatic carbocycles. The smallest absolute Gasteiger partial charge is 0.358 e. The molecule has 1 aromatic rings. The van der Waals surface area contributed by atoms with Crippen LogP contribution in [0.25, 0.3) is 0 Å². The lowest BCUT2D eigenvalue weighted by Gasteiger charge is -2.49. The van der Waals surface area contributed by atoms with Crippen LogP contribution in [-0.4, -0.2) is 109 Å². The molecule has 5 rings (SSSR count). The number of ether oxygens (including phenoxy) is 2. The van der Waals surface area contributed by atoms with Crippen molar-refractivity contribution in [2.24, 2.45) is 10.6 Å². The van der Waals surface area contributed by atoms with Crippen molar-refractivity contribution in [3.8, 4) is 0 Å². The summed E-state index contributed by atoms with van der Waals surface area (Å²) in [7, 11) is 0. The summed E-state index contributed by atoms with van der Waals surface area (Å²) in [6.45, 7) is 6.37. The minimum absolute atomic E-state index is 0.0505. The number of carbonyl (C=O) groups excluding carboxylic acids is 5. The van der Waals surface area contributed by atoms with E-state index in [4.69, 9.17) is 15.2 Å². The Morgan fingerprint density at radius 2 is 2.05 bits per heavy atom. The standard InChI is InChI=1S/C26H32N8O8S2/c1-26(2,3)24(39)42-11-41-23(38)17-13(8-12-5-7-33(20(12)36)14-4-6-28-9-14)10-43-22-16(21(37)34(17)22)29-19(35)15(31-40)18-30-25(27)44-32-18/h8,14,16,22,28,40H,4-7,9-11H2,1-3H3,(H,29,35)(H2,27,30,32)/b12-8+,31-15-/t14-,16-,22-/m1/s1. The number of β-lactam (4-membered cyclic amide) rings is 1. The molecule has 3 fully saturated rings. The largest absolute Gasteiger partial charge is 0.427 e. The van der Waals surface area contributed by atoms with Crippen molar-refractivity contribution < 1.29 is 38.7 Å². The molecular weight excluding hydrogens is 616 g/mol. The first-order chi connectivity index (χ1) is 20.9. The number of likely N-dealkylation sites (tertiary alicyclic amines) is 1. The number of aromatic nitrogens is 2. The number of anilines is 1. The van der Waals surface area contributed by atoms with Crippen LogP contribution in [0, 0.1) is 5.41 Å². The second kappa shape index (κ2) is 12.5. The number of thioether (sulfide) groups is 1. The van der Waals surface area contributed by atoms with E-state index in [1.807, 2.05) is 4.90 Å². The summed E-state index contributed by atoms with van der Waals surface area (Å²) in [5, 5.41) is 17.4. The zero-order valence-electron chi connectivity index (χ0n) is 24.2. The Balaban J connectivity index is 1.37. The number of nitrogens with one attached hydrogen (secondary N) is 2. The molecular formula is C26H32N8O8S2. The van der Waals surface area contributed by atoms with E-state index < -0.39 is 53.1 Å². The predicted octanol–water partition coefficient (Wildman–Crippen LogP) is -0.437. The fraction of sp³-hybridized carbons (Fsp3) is 0.538. The van der Waals surface area contributed by atoms with Gasteiger partial charge in [0.1, 0.15) is 17.1 Å². The maximum absolute atomic E-state index is 13.4. The lowest BCUT2D eigenvalue weighted by molar-refractivity contribution is -0.173. The molecule has 0 aromatic carbocycles. The number of amides is 3. The average molecular weight is 649 g/mol. The third-order valence-electron chi connectivity index (χ3n) is 7.42. The number of fused-ring (bicyclic) bond motifs is 1. The highest BCUT2D eigenvalue weighted by atomic mass is 32.2. The van der Waals surface area contributed by atoms with Crippen LogP contribution in [0.15, 0.2) is 28.1 Å². The van der Waals surface area contributed by atoms with E-state index in [1.54, 1.807) is 26.8 Å². The molecule has 1 aromatic heterocycles. The quantitative estimate of drug-likeness (QED) is 0.0535. The van der Waals surface area contributed by atoms with Crippen LogP contribution in [-0.2, 0) is 33.4 Å². The Bertz CT molecular complexity index is 1480. The molecule has 16 nitrogen and oxygen atoms in total. The minimum Gasteiger partial charge on any atom is -0.427 e. The van der Waals surface area contributed by atoms with E-state index >= 15 is 0 Å². The van der Waals surface area contributed by atoms with Crippen molar-refractivity contribution in [3.05, 3.63) is 28.7 Å². The van der Waals surface area contributed by atoms with E-state index in [0.717, 1.165) is 24.5 Å². The Labute approximate surface area is 260 Å². The molecule has 3 atom stereocenters. The summed E-state index contributed by atoms with van der Waals surface area (Å²) in [6.07, 6.45) is 2.96. The van der Waals surface area contributed by atoms with Gasteiger partial charge in [-0.1, -0.05) is 5.16 Å². The van der Waals surface area contributed by atoms with Gasteiger partial charge in [-0.2, -0.15) is 9.36 Å². The zero-order valence-corrected chi connectivity index (χ0v) is 25.8. The van der Waals surface area contributed by atoms with Crippen LogP contribution in [0.1, 0.15) is 39.4 Å². The molecule has 0 radical (unpaired) electrons. The molecule has 3 saturated heterocycles. The van der Waals surface area contributed by atoms with Gasteiger partial charge in [0.05, 0.1) is 5.41 Å². The third kappa shape index (κ3) is 6.14. The number of allylic oxidation sites excluding steroid dienone is 1.